The molecule has 3 rings (SSSR count). The highest BCUT2D eigenvalue weighted by Crippen LogP contribution is 2.30. The fraction of sp³-hybridized carbons (Fsp3) is 0.333. The lowest BCUT2D eigenvalue weighted by Gasteiger charge is -2.19. The Bertz CT molecular complexity index is 1080. The molecule has 2 aromatic carbocycles. The Kier molecular flexibility index (Phi) is 7.12. The Balaban J connectivity index is 1.95. The van der Waals surface area contributed by atoms with Crippen LogP contribution in [-0.2, 0) is 5.41 Å². The molecule has 0 unspecified atom stereocenters. The van der Waals surface area contributed by atoms with Gasteiger partial charge in [-0.05, 0) is 42.2 Å². The van der Waals surface area contributed by atoms with Crippen LogP contribution < -0.4 is 15.4 Å². The molecule has 1 aromatic heterocycles. The Morgan fingerprint density at radius 3 is 2.30 bits per heavy atom. The quantitative estimate of drug-likeness (QED) is 0.409. The summed E-state index contributed by atoms with van der Waals surface area (Å²) in [5.41, 5.74) is 2.80. The standard InChI is InChI=1S/C24H27F3N4O2/c1-15(14-32)28-22-30-20(16-6-5-7-19(12-16)33-24(25,26)27)13-21(31-22)29-18-10-8-17(9-11-18)23(2,3)4/h5-13,15,32H,14H2,1-4H3,(H2,28,29,30,31)/t15-/m1/s1. The first kappa shape index (κ1) is 24.3. The summed E-state index contributed by atoms with van der Waals surface area (Å²) < 4.78 is 41.9. The zero-order valence-corrected chi connectivity index (χ0v) is 18.9. The molecule has 3 N–H and O–H groups in total. The maximum absolute atomic E-state index is 12.6. The molecule has 1 heterocycles. The van der Waals surface area contributed by atoms with E-state index in [2.05, 4.69) is 46.1 Å². The van der Waals surface area contributed by atoms with Gasteiger partial charge in [-0.2, -0.15) is 4.98 Å². The van der Waals surface area contributed by atoms with Gasteiger partial charge in [0.05, 0.1) is 12.3 Å². The summed E-state index contributed by atoms with van der Waals surface area (Å²) in [6.45, 7) is 8.00. The highest BCUT2D eigenvalue weighted by atomic mass is 19.4. The molecule has 176 valence electrons. The molecule has 9 heteroatoms. The molecule has 0 bridgehead atoms. The summed E-state index contributed by atoms with van der Waals surface area (Å²) in [4.78, 5) is 8.85. The molecule has 0 amide bonds. The molecule has 33 heavy (non-hydrogen) atoms. The summed E-state index contributed by atoms with van der Waals surface area (Å²) >= 11 is 0. The molecule has 0 aliphatic rings. The summed E-state index contributed by atoms with van der Waals surface area (Å²) in [5, 5.41) is 15.6. The van der Waals surface area contributed by atoms with Crippen molar-refractivity contribution in [2.24, 2.45) is 0 Å². The fourth-order valence-electron chi connectivity index (χ4n) is 3.04. The van der Waals surface area contributed by atoms with Crippen molar-refractivity contribution in [3.05, 3.63) is 60.2 Å². The molecule has 0 aliphatic heterocycles. The highest BCUT2D eigenvalue weighted by molar-refractivity contribution is 5.68. The number of aliphatic hydroxyl groups excluding tert-OH is 1. The van der Waals surface area contributed by atoms with Crippen LogP contribution in [0.1, 0.15) is 33.3 Å². The van der Waals surface area contributed by atoms with Gasteiger partial charge in [0.25, 0.3) is 0 Å². The molecule has 1 atom stereocenters. The second-order valence-electron chi connectivity index (χ2n) is 8.72. The van der Waals surface area contributed by atoms with Gasteiger partial charge in [-0.25, -0.2) is 4.98 Å². The number of halogens is 3. The molecule has 0 saturated carbocycles. The third kappa shape index (κ3) is 7.08. The molecular weight excluding hydrogens is 433 g/mol. The number of nitrogens with zero attached hydrogens (tertiary/aromatic N) is 2. The van der Waals surface area contributed by atoms with E-state index in [9.17, 15) is 18.3 Å². The Hall–Kier alpha value is -3.33. The van der Waals surface area contributed by atoms with E-state index < -0.39 is 6.36 Å². The van der Waals surface area contributed by atoms with Gasteiger partial charge in [0.15, 0.2) is 0 Å². The van der Waals surface area contributed by atoms with Crippen LogP contribution in [0.2, 0.25) is 0 Å². The Morgan fingerprint density at radius 2 is 1.70 bits per heavy atom. The number of aromatic nitrogens is 2. The van der Waals surface area contributed by atoms with E-state index in [1.54, 1.807) is 19.1 Å². The van der Waals surface area contributed by atoms with Crippen LogP contribution in [0.4, 0.5) is 30.6 Å². The van der Waals surface area contributed by atoms with Gasteiger partial charge in [-0.1, -0.05) is 45.0 Å². The van der Waals surface area contributed by atoms with Gasteiger partial charge in [0, 0.05) is 23.4 Å². The maximum Gasteiger partial charge on any atom is 0.573 e. The number of nitrogens with one attached hydrogen (secondary N) is 2. The van der Waals surface area contributed by atoms with E-state index in [-0.39, 0.29) is 29.8 Å². The van der Waals surface area contributed by atoms with Crippen molar-refractivity contribution in [1.82, 2.24) is 9.97 Å². The van der Waals surface area contributed by atoms with E-state index >= 15 is 0 Å². The van der Waals surface area contributed by atoms with Gasteiger partial charge >= 0.3 is 6.36 Å². The first-order valence-electron chi connectivity index (χ1n) is 10.4. The second-order valence-corrected chi connectivity index (χ2v) is 8.72. The first-order valence-corrected chi connectivity index (χ1v) is 10.4. The number of aliphatic hydroxyl groups is 1. The molecule has 0 aliphatic carbocycles. The average molecular weight is 461 g/mol. The van der Waals surface area contributed by atoms with Crippen LogP contribution in [0.15, 0.2) is 54.6 Å². The second kappa shape index (κ2) is 9.66. The summed E-state index contributed by atoms with van der Waals surface area (Å²) in [6.07, 6.45) is -4.79. The van der Waals surface area contributed by atoms with Crippen molar-refractivity contribution >= 4 is 17.5 Å². The summed E-state index contributed by atoms with van der Waals surface area (Å²) in [6, 6.07) is 14.8. The Labute approximate surface area is 190 Å². The van der Waals surface area contributed by atoms with Crippen molar-refractivity contribution in [3.8, 4) is 17.0 Å². The van der Waals surface area contributed by atoms with E-state index in [1.807, 2.05) is 24.3 Å². The third-order valence-electron chi connectivity index (χ3n) is 4.76. The minimum Gasteiger partial charge on any atom is -0.406 e. The van der Waals surface area contributed by atoms with E-state index in [4.69, 9.17) is 0 Å². The highest BCUT2D eigenvalue weighted by Gasteiger charge is 2.31. The minimum atomic E-state index is -4.79. The maximum atomic E-state index is 12.6. The number of hydrogen-bond acceptors (Lipinski definition) is 6. The SMILES string of the molecule is C[C@H](CO)Nc1nc(Nc2ccc(C(C)(C)C)cc2)cc(-c2cccc(OC(F)(F)F)c2)n1. The molecular formula is C24H27F3N4O2. The van der Waals surface area contributed by atoms with Crippen LogP contribution in [-0.4, -0.2) is 34.1 Å². The molecule has 0 fully saturated rings. The van der Waals surface area contributed by atoms with Crippen LogP contribution in [0, 0.1) is 0 Å². The van der Waals surface area contributed by atoms with E-state index in [0.29, 0.717) is 17.1 Å². The molecule has 3 aromatic rings. The molecule has 6 nitrogen and oxygen atoms in total. The van der Waals surface area contributed by atoms with Crippen molar-refractivity contribution < 1.29 is 23.0 Å². The normalized spacial score (nSPS) is 12.8. The predicted octanol–water partition coefficient (Wildman–Crippen LogP) is 5.88. The van der Waals surface area contributed by atoms with Gasteiger partial charge in [0.1, 0.15) is 11.6 Å². The number of ether oxygens (including phenoxy) is 1. The van der Waals surface area contributed by atoms with Crippen LogP contribution >= 0.6 is 0 Å². The fourth-order valence-corrected chi connectivity index (χ4v) is 3.04. The van der Waals surface area contributed by atoms with Crippen molar-refractivity contribution in [1.29, 1.82) is 0 Å². The van der Waals surface area contributed by atoms with Crippen molar-refractivity contribution in [2.45, 2.75) is 45.5 Å². The van der Waals surface area contributed by atoms with Crippen LogP contribution in [0.3, 0.4) is 0 Å². The van der Waals surface area contributed by atoms with Gasteiger partial charge in [-0.15, -0.1) is 13.2 Å². The van der Waals surface area contributed by atoms with Gasteiger partial charge in [0.2, 0.25) is 5.95 Å². The average Bonchev–Trinajstić information content (AvgIpc) is 2.72. The summed E-state index contributed by atoms with van der Waals surface area (Å²) in [7, 11) is 0. The van der Waals surface area contributed by atoms with E-state index in [0.717, 1.165) is 5.69 Å². The first-order chi connectivity index (χ1) is 15.4. The van der Waals surface area contributed by atoms with Crippen LogP contribution in [0.5, 0.6) is 5.75 Å². The number of anilines is 3. The van der Waals surface area contributed by atoms with Crippen molar-refractivity contribution in [2.75, 3.05) is 17.2 Å². The van der Waals surface area contributed by atoms with Crippen molar-refractivity contribution in [3.63, 3.8) is 0 Å². The topological polar surface area (TPSA) is 79.3 Å². The largest absolute Gasteiger partial charge is 0.573 e. The predicted molar refractivity (Wildman–Crippen MR) is 123 cm³/mol. The van der Waals surface area contributed by atoms with E-state index in [1.165, 1.54) is 23.8 Å². The summed E-state index contributed by atoms with van der Waals surface area (Å²) in [5.74, 6) is 0.326. The monoisotopic (exact) mass is 460 g/mol. The lowest BCUT2D eigenvalue weighted by Crippen LogP contribution is -2.21. The lowest BCUT2D eigenvalue weighted by molar-refractivity contribution is -0.274. The zero-order valence-electron chi connectivity index (χ0n) is 18.9. The third-order valence-corrected chi connectivity index (χ3v) is 4.76. The Morgan fingerprint density at radius 1 is 1.00 bits per heavy atom. The number of alkyl halides is 3. The number of hydrogen-bond donors (Lipinski definition) is 3. The molecule has 0 radical (unpaired) electrons. The number of benzene rings is 2. The minimum absolute atomic E-state index is 0.0155. The smallest absolute Gasteiger partial charge is 0.406 e. The molecule has 0 spiro atoms. The van der Waals surface area contributed by atoms with Crippen LogP contribution in [0.25, 0.3) is 11.3 Å². The molecule has 0 saturated heterocycles. The van der Waals surface area contributed by atoms with Gasteiger partial charge in [-0.3, -0.25) is 0 Å². The zero-order chi connectivity index (χ0) is 24.2. The lowest BCUT2D eigenvalue weighted by atomic mass is 9.87. The number of rotatable bonds is 7. The van der Waals surface area contributed by atoms with Gasteiger partial charge < -0.3 is 20.5 Å².